The molecule has 0 atom stereocenters. The predicted octanol–water partition coefficient (Wildman–Crippen LogP) is 3.39. The van der Waals surface area contributed by atoms with Crippen LogP contribution in [0, 0.1) is 0 Å². The van der Waals surface area contributed by atoms with Crippen LogP contribution in [0.5, 0.6) is 0 Å². The van der Waals surface area contributed by atoms with Crippen LogP contribution in [-0.2, 0) is 0 Å². The summed E-state index contributed by atoms with van der Waals surface area (Å²) in [6, 6.07) is 0. The van der Waals surface area contributed by atoms with Gasteiger partial charge >= 0.3 is 102 Å². The molecule has 1 rings (SSSR count). The molecule has 2 heteroatoms. The molecule has 0 aromatic rings. The standard InChI is InChI=1S/C9H12N.2C2H5.In/c1-10(2)8-9-6-4-3-5-7-9;2*1-2;/h3-5,8H,6H2,1-2H3;2*1H2,2H3;. The summed E-state index contributed by atoms with van der Waals surface area (Å²) in [5.74, 6) is 0. The van der Waals surface area contributed by atoms with E-state index in [2.05, 4.69) is 57.3 Å². The van der Waals surface area contributed by atoms with Gasteiger partial charge in [-0.3, -0.25) is 0 Å². The van der Waals surface area contributed by atoms with E-state index >= 15 is 0 Å². The number of rotatable bonds is 4. The summed E-state index contributed by atoms with van der Waals surface area (Å²) in [7, 11) is 4.23. The maximum atomic E-state index is 2.38. The first-order chi connectivity index (χ1) is 7.19. The van der Waals surface area contributed by atoms with Crippen molar-refractivity contribution in [3.63, 3.8) is 0 Å². The van der Waals surface area contributed by atoms with Gasteiger partial charge in [0.2, 0.25) is 0 Å². The van der Waals surface area contributed by atoms with E-state index in [9.17, 15) is 0 Å². The second-order valence-corrected chi connectivity index (χ2v) is 14.8. The van der Waals surface area contributed by atoms with E-state index in [0.29, 0.717) is 0 Å². The third-order valence-corrected chi connectivity index (χ3v) is 12.7. The molecule has 0 aliphatic heterocycles. The Hall–Kier alpha value is -0.110. The fourth-order valence-corrected chi connectivity index (χ4v) is 9.46. The van der Waals surface area contributed by atoms with Gasteiger partial charge in [0.15, 0.2) is 0 Å². The van der Waals surface area contributed by atoms with Crippen molar-refractivity contribution < 1.29 is 0 Å². The van der Waals surface area contributed by atoms with E-state index < -0.39 is 21.4 Å². The Kier molecular flexibility index (Phi) is 5.59. The molecule has 0 aromatic carbocycles. The van der Waals surface area contributed by atoms with Gasteiger partial charge in [0, 0.05) is 0 Å². The number of allylic oxidation sites excluding steroid dienone is 5. The molecule has 0 heterocycles. The van der Waals surface area contributed by atoms with Crippen LogP contribution < -0.4 is 0 Å². The predicted molar refractivity (Wildman–Crippen MR) is 70.3 cm³/mol. The number of nitrogens with zero attached hydrogens (tertiary/aromatic N) is 1. The van der Waals surface area contributed by atoms with Crippen LogP contribution in [0.3, 0.4) is 0 Å². The van der Waals surface area contributed by atoms with E-state index in [1.54, 1.807) is 8.90 Å². The number of hydrogen-bond donors (Lipinski definition) is 0. The van der Waals surface area contributed by atoms with Gasteiger partial charge < -0.3 is 0 Å². The van der Waals surface area contributed by atoms with Crippen LogP contribution in [-0.4, -0.2) is 40.4 Å². The summed E-state index contributed by atoms with van der Waals surface area (Å²) in [6.07, 6.45) is 10.3. The second kappa shape index (κ2) is 6.47. The Bertz CT molecular complexity index is 283. The van der Waals surface area contributed by atoms with Crippen molar-refractivity contribution in [2.45, 2.75) is 28.6 Å². The van der Waals surface area contributed by atoms with Gasteiger partial charge in [-0.1, -0.05) is 0 Å². The van der Waals surface area contributed by atoms with Crippen LogP contribution in [0.4, 0.5) is 0 Å². The molecule has 82 valence electrons. The van der Waals surface area contributed by atoms with E-state index in [0.717, 1.165) is 6.42 Å². The maximum absolute atomic E-state index is 2.38. The molecule has 0 bridgehead atoms. The quantitative estimate of drug-likeness (QED) is 0.769. The van der Waals surface area contributed by atoms with E-state index in [4.69, 9.17) is 0 Å². The Morgan fingerprint density at radius 1 is 1.33 bits per heavy atom. The fourth-order valence-electron chi connectivity index (χ4n) is 2.16. The molecule has 0 unspecified atom stereocenters. The Labute approximate surface area is 102 Å². The van der Waals surface area contributed by atoms with Crippen molar-refractivity contribution in [1.29, 1.82) is 0 Å². The fraction of sp³-hybridized carbons (Fsp3) is 0.538. The molecule has 15 heavy (non-hydrogen) atoms. The van der Waals surface area contributed by atoms with Gasteiger partial charge in [-0.15, -0.1) is 0 Å². The summed E-state index contributed by atoms with van der Waals surface area (Å²) < 4.78 is 4.64. The molecule has 0 N–H and O–H groups in total. The van der Waals surface area contributed by atoms with Crippen LogP contribution in [0.2, 0.25) is 8.35 Å². The molecular weight excluding hydrogens is 285 g/mol. The first kappa shape index (κ1) is 13.0. The average molecular weight is 307 g/mol. The third kappa shape index (κ3) is 3.75. The normalized spacial score (nSPS) is 17.9. The molecule has 0 saturated carbocycles. The summed E-state index contributed by atoms with van der Waals surface area (Å²) >= 11 is -1.39. The molecule has 0 spiro atoms. The Morgan fingerprint density at radius 2 is 2.00 bits per heavy atom. The summed E-state index contributed by atoms with van der Waals surface area (Å²) in [6.45, 7) is 4.74. The molecule has 0 fully saturated rings. The zero-order valence-corrected chi connectivity index (χ0v) is 13.8. The van der Waals surface area contributed by atoms with Gasteiger partial charge in [-0.05, 0) is 0 Å². The first-order valence-corrected chi connectivity index (χ1v) is 12.2. The van der Waals surface area contributed by atoms with E-state index in [1.807, 2.05) is 0 Å². The molecule has 1 nitrogen and oxygen atoms in total. The van der Waals surface area contributed by atoms with Crippen molar-refractivity contribution in [2.75, 3.05) is 14.1 Å². The van der Waals surface area contributed by atoms with Crippen LogP contribution in [0.1, 0.15) is 20.3 Å². The molecule has 1 aliphatic rings. The topological polar surface area (TPSA) is 3.24 Å². The van der Waals surface area contributed by atoms with Gasteiger partial charge in [0.1, 0.15) is 0 Å². The first-order valence-electron chi connectivity index (χ1n) is 5.93. The second-order valence-electron chi connectivity index (χ2n) is 4.39. The zero-order chi connectivity index (χ0) is 11.3. The van der Waals surface area contributed by atoms with Gasteiger partial charge in [-0.2, -0.15) is 0 Å². The molecule has 0 radical (unpaired) electrons. The Morgan fingerprint density at radius 3 is 2.53 bits per heavy atom. The average Bonchev–Trinajstić information content (AvgIpc) is 2.21. The van der Waals surface area contributed by atoms with Gasteiger partial charge in [0.25, 0.3) is 0 Å². The van der Waals surface area contributed by atoms with Gasteiger partial charge in [0.05, 0.1) is 0 Å². The summed E-state index contributed by atoms with van der Waals surface area (Å²) in [5.41, 5.74) is 1.58. The van der Waals surface area contributed by atoms with Crippen LogP contribution in [0.25, 0.3) is 0 Å². The minimum atomic E-state index is -1.39. The van der Waals surface area contributed by atoms with E-state index in [1.165, 1.54) is 8.35 Å². The van der Waals surface area contributed by atoms with Crippen molar-refractivity contribution >= 4 is 21.4 Å². The van der Waals surface area contributed by atoms with Crippen molar-refractivity contribution in [1.82, 2.24) is 4.90 Å². The minimum absolute atomic E-state index is 1.14. The molecule has 0 saturated heterocycles. The van der Waals surface area contributed by atoms with Crippen LogP contribution in [0.15, 0.2) is 33.3 Å². The molecule has 0 amide bonds. The molecular formula is C13H22InN. The third-order valence-electron chi connectivity index (χ3n) is 2.96. The molecule has 0 aromatic heterocycles. The summed E-state index contributed by atoms with van der Waals surface area (Å²) in [4.78, 5) is 2.18. The zero-order valence-electron chi connectivity index (χ0n) is 10.5. The van der Waals surface area contributed by atoms with Crippen molar-refractivity contribution in [2.24, 2.45) is 0 Å². The SMILES string of the molecule is C[CH2][In]([CH2]C)[C]1=CC=CCC1=CN(C)C. The van der Waals surface area contributed by atoms with E-state index in [-0.39, 0.29) is 0 Å². The summed E-state index contributed by atoms with van der Waals surface area (Å²) in [5, 5.41) is 0. The molecule has 1 aliphatic carbocycles. The van der Waals surface area contributed by atoms with Crippen LogP contribution >= 0.6 is 0 Å². The van der Waals surface area contributed by atoms with Gasteiger partial charge in [-0.25, -0.2) is 0 Å². The monoisotopic (exact) mass is 307 g/mol. The Balaban J connectivity index is 2.90. The van der Waals surface area contributed by atoms with Crippen molar-refractivity contribution in [3.8, 4) is 0 Å². The number of hydrogen-bond acceptors (Lipinski definition) is 1. The van der Waals surface area contributed by atoms with Crippen molar-refractivity contribution in [3.05, 3.63) is 33.3 Å².